The van der Waals surface area contributed by atoms with Crippen molar-refractivity contribution in [3.8, 4) is 0 Å². The van der Waals surface area contributed by atoms with Gasteiger partial charge in [0.25, 0.3) is 0 Å². The Balaban J connectivity index is 3.12. The summed E-state index contributed by atoms with van der Waals surface area (Å²) in [5, 5.41) is 0. The van der Waals surface area contributed by atoms with E-state index in [9.17, 15) is 0 Å². The third-order valence-corrected chi connectivity index (χ3v) is 2.08. The third-order valence-electron chi connectivity index (χ3n) is 1.26. The zero-order valence-corrected chi connectivity index (χ0v) is 7.50. The van der Waals surface area contributed by atoms with E-state index < -0.39 is 0 Å². The maximum absolute atomic E-state index is 6.81. The SMILES string of the molecule is [C-]#[N+]c1ccccc1CI. The van der Waals surface area contributed by atoms with Crippen LogP contribution < -0.4 is 0 Å². The lowest BCUT2D eigenvalue weighted by Gasteiger charge is -1.95. The molecule has 0 fully saturated rings. The van der Waals surface area contributed by atoms with Crippen molar-refractivity contribution in [2.45, 2.75) is 4.43 Å². The van der Waals surface area contributed by atoms with Gasteiger partial charge in [-0.2, -0.15) is 0 Å². The summed E-state index contributed by atoms with van der Waals surface area (Å²) in [5.74, 6) is 0. The molecule has 0 heterocycles. The number of rotatable bonds is 1. The summed E-state index contributed by atoms with van der Waals surface area (Å²) in [6.07, 6.45) is 0. The Bertz CT molecular complexity index is 262. The molecule has 0 saturated carbocycles. The largest absolute Gasteiger partial charge is 0.238 e. The Morgan fingerprint density at radius 3 is 2.60 bits per heavy atom. The number of hydrogen-bond acceptors (Lipinski definition) is 0. The molecule has 10 heavy (non-hydrogen) atoms. The van der Waals surface area contributed by atoms with Crippen molar-refractivity contribution >= 4 is 28.3 Å². The molecule has 50 valence electrons. The van der Waals surface area contributed by atoms with Gasteiger partial charge in [0.1, 0.15) is 0 Å². The minimum absolute atomic E-state index is 0.775. The Labute approximate surface area is 74.0 Å². The van der Waals surface area contributed by atoms with Crippen molar-refractivity contribution in [1.82, 2.24) is 0 Å². The molecule has 0 unspecified atom stereocenters. The fourth-order valence-corrected chi connectivity index (χ4v) is 1.38. The quantitative estimate of drug-likeness (QED) is 0.405. The number of alkyl halides is 1. The average molecular weight is 243 g/mol. The molecule has 0 N–H and O–H groups in total. The summed E-state index contributed by atoms with van der Waals surface area (Å²) >= 11 is 2.26. The van der Waals surface area contributed by atoms with Crippen molar-refractivity contribution in [2.75, 3.05) is 0 Å². The molecule has 0 radical (unpaired) electrons. The molecule has 0 aromatic heterocycles. The van der Waals surface area contributed by atoms with Crippen LogP contribution in [0.2, 0.25) is 0 Å². The van der Waals surface area contributed by atoms with Crippen LogP contribution in [0.1, 0.15) is 5.56 Å². The Morgan fingerprint density at radius 2 is 2.10 bits per heavy atom. The van der Waals surface area contributed by atoms with Crippen LogP contribution in [-0.2, 0) is 4.43 Å². The molecule has 0 spiro atoms. The van der Waals surface area contributed by atoms with Crippen LogP contribution in [0, 0.1) is 6.57 Å². The van der Waals surface area contributed by atoms with Gasteiger partial charge in [0, 0.05) is 4.43 Å². The van der Waals surface area contributed by atoms with Gasteiger partial charge in [0.15, 0.2) is 5.69 Å². The van der Waals surface area contributed by atoms with E-state index in [4.69, 9.17) is 6.57 Å². The molecule has 0 saturated heterocycles. The van der Waals surface area contributed by atoms with Gasteiger partial charge in [-0.3, -0.25) is 0 Å². The lowest BCUT2D eigenvalue weighted by Crippen LogP contribution is -1.74. The number of halogens is 1. The van der Waals surface area contributed by atoms with Crippen LogP contribution in [0.3, 0.4) is 0 Å². The highest BCUT2D eigenvalue weighted by molar-refractivity contribution is 14.1. The highest BCUT2D eigenvalue weighted by Crippen LogP contribution is 2.20. The first-order valence-corrected chi connectivity index (χ1v) is 4.42. The molecule has 0 aliphatic carbocycles. The van der Waals surface area contributed by atoms with Crippen LogP contribution in [-0.4, -0.2) is 0 Å². The highest BCUT2D eigenvalue weighted by atomic mass is 127. The predicted molar refractivity (Wildman–Crippen MR) is 50.4 cm³/mol. The minimum Gasteiger partial charge on any atom is -0.238 e. The summed E-state index contributed by atoms with van der Waals surface area (Å²) in [5.41, 5.74) is 1.90. The normalized spacial score (nSPS) is 8.80. The summed E-state index contributed by atoms with van der Waals surface area (Å²) in [4.78, 5) is 3.39. The van der Waals surface area contributed by atoms with E-state index >= 15 is 0 Å². The van der Waals surface area contributed by atoms with Crippen LogP contribution in [0.5, 0.6) is 0 Å². The Morgan fingerprint density at radius 1 is 1.40 bits per heavy atom. The first-order valence-electron chi connectivity index (χ1n) is 2.90. The van der Waals surface area contributed by atoms with Gasteiger partial charge >= 0.3 is 0 Å². The van der Waals surface area contributed by atoms with Crippen LogP contribution in [0.15, 0.2) is 24.3 Å². The van der Waals surface area contributed by atoms with Gasteiger partial charge in [0.05, 0.1) is 6.57 Å². The zero-order chi connectivity index (χ0) is 7.40. The van der Waals surface area contributed by atoms with Gasteiger partial charge in [-0.25, -0.2) is 4.85 Å². The second kappa shape index (κ2) is 3.57. The maximum Gasteiger partial charge on any atom is 0.191 e. The smallest absolute Gasteiger partial charge is 0.191 e. The van der Waals surface area contributed by atoms with Gasteiger partial charge < -0.3 is 0 Å². The monoisotopic (exact) mass is 243 g/mol. The molecule has 0 aliphatic heterocycles. The Hall–Kier alpha value is -0.560. The number of hydrogen-bond donors (Lipinski definition) is 0. The summed E-state index contributed by atoms with van der Waals surface area (Å²) in [6.45, 7) is 6.81. The van der Waals surface area contributed by atoms with Gasteiger partial charge in [-0.15, -0.1) is 0 Å². The summed E-state index contributed by atoms with van der Waals surface area (Å²) in [6, 6.07) is 7.69. The topological polar surface area (TPSA) is 4.36 Å². The number of para-hydroxylation sites is 1. The number of benzene rings is 1. The van der Waals surface area contributed by atoms with Crippen LogP contribution in [0.25, 0.3) is 4.85 Å². The molecule has 1 aromatic carbocycles. The molecule has 1 rings (SSSR count). The molecular formula is C8H6IN. The average Bonchev–Trinajstić information content (AvgIpc) is 2.04. The zero-order valence-electron chi connectivity index (χ0n) is 5.34. The second-order valence-corrected chi connectivity index (χ2v) is 2.64. The molecule has 0 atom stereocenters. The molecule has 1 aromatic rings. The van der Waals surface area contributed by atoms with E-state index in [0.717, 1.165) is 15.7 Å². The third kappa shape index (κ3) is 1.48. The van der Waals surface area contributed by atoms with Crippen molar-refractivity contribution in [3.63, 3.8) is 0 Å². The molecule has 2 heteroatoms. The van der Waals surface area contributed by atoms with Crippen molar-refractivity contribution in [3.05, 3.63) is 41.2 Å². The van der Waals surface area contributed by atoms with E-state index in [1.165, 1.54) is 0 Å². The highest BCUT2D eigenvalue weighted by Gasteiger charge is 1.95. The Kier molecular flexibility index (Phi) is 2.69. The minimum atomic E-state index is 0.775. The van der Waals surface area contributed by atoms with Crippen molar-refractivity contribution in [1.29, 1.82) is 0 Å². The van der Waals surface area contributed by atoms with E-state index in [1.807, 2.05) is 24.3 Å². The second-order valence-electron chi connectivity index (χ2n) is 1.87. The van der Waals surface area contributed by atoms with Gasteiger partial charge in [-0.1, -0.05) is 46.9 Å². The molecule has 0 aliphatic rings. The van der Waals surface area contributed by atoms with Crippen molar-refractivity contribution in [2.24, 2.45) is 0 Å². The lowest BCUT2D eigenvalue weighted by atomic mass is 10.2. The van der Waals surface area contributed by atoms with Crippen LogP contribution >= 0.6 is 22.6 Å². The number of nitrogens with zero attached hydrogens (tertiary/aromatic N) is 1. The summed E-state index contributed by atoms with van der Waals surface area (Å²) < 4.78 is 0.913. The fraction of sp³-hybridized carbons (Fsp3) is 0.125. The van der Waals surface area contributed by atoms with Crippen LogP contribution in [0.4, 0.5) is 5.69 Å². The standard InChI is InChI=1S/C8H6IN/c1-10-8-5-3-2-4-7(8)6-9/h2-5H,6H2. The van der Waals surface area contributed by atoms with E-state index in [2.05, 4.69) is 27.4 Å². The predicted octanol–water partition coefficient (Wildman–Crippen LogP) is 3.17. The summed E-state index contributed by atoms with van der Waals surface area (Å²) in [7, 11) is 0. The van der Waals surface area contributed by atoms with Gasteiger partial charge in [0.2, 0.25) is 0 Å². The lowest BCUT2D eigenvalue weighted by molar-refractivity contribution is 1.47. The van der Waals surface area contributed by atoms with E-state index in [0.29, 0.717) is 0 Å². The molecule has 0 amide bonds. The first-order chi connectivity index (χ1) is 4.88. The first kappa shape index (κ1) is 7.55. The van der Waals surface area contributed by atoms with Crippen molar-refractivity contribution < 1.29 is 0 Å². The van der Waals surface area contributed by atoms with E-state index in [-0.39, 0.29) is 0 Å². The van der Waals surface area contributed by atoms with E-state index in [1.54, 1.807) is 0 Å². The van der Waals surface area contributed by atoms with Gasteiger partial charge in [-0.05, 0) is 5.56 Å². The maximum atomic E-state index is 6.81. The molecule has 1 nitrogen and oxygen atoms in total. The molecule has 0 bridgehead atoms. The molecular weight excluding hydrogens is 237 g/mol. The fourth-order valence-electron chi connectivity index (χ4n) is 0.733.